The Morgan fingerprint density at radius 2 is 1.92 bits per heavy atom. The molecule has 0 aliphatic heterocycles. The first-order valence-corrected chi connectivity index (χ1v) is 8.01. The van der Waals surface area contributed by atoms with Gasteiger partial charge >= 0.3 is 0 Å². The molecule has 0 fully saturated rings. The lowest BCUT2D eigenvalue weighted by Crippen LogP contribution is -2.27. The maximum atomic E-state index is 11.7. The number of aromatic hydroxyl groups is 1. The van der Waals surface area contributed by atoms with E-state index in [1.807, 2.05) is 12.1 Å². The summed E-state index contributed by atoms with van der Waals surface area (Å²) < 4.78 is 0. The average molecular weight is 361 g/mol. The highest BCUT2D eigenvalue weighted by atomic mass is 35.5. The van der Waals surface area contributed by atoms with Crippen molar-refractivity contribution in [2.24, 2.45) is 0 Å². The van der Waals surface area contributed by atoms with Crippen molar-refractivity contribution in [3.8, 4) is 5.75 Å². The zero-order chi connectivity index (χ0) is 17.3. The summed E-state index contributed by atoms with van der Waals surface area (Å²) in [6.45, 7) is 1.41. The Kier molecular flexibility index (Phi) is 4.60. The normalized spacial score (nSPS) is 12.1. The molecule has 2 aromatic carbocycles. The number of halogens is 2. The van der Waals surface area contributed by atoms with Crippen molar-refractivity contribution < 1.29 is 9.90 Å². The molecule has 0 aliphatic carbocycles. The minimum atomic E-state index is -0.612. The fraction of sp³-hybridized carbons (Fsp3) is 0.111. The van der Waals surface area contributed by atoms with E-state index in [1.165, 1.54) is 6.92 Å². The number of nitrogens with zero attached hydrogens (tertiary/aromatic N) is 1. The van der Waals surface area contributed by atoms with Crippen molar-refractivity contribution in [3.63, 3.8) is 0 Å². The standard InChI is InChI=1S/C18H14Cl2N2O2/c1-10(23)22-17(13-7-5-12(19)9-15(13)20)14-6-4-11-3-2-8-21-16(11)18(14)24/h2-9,17,24H,1H3,(H,22,23)/t17-/m0/s1. The van der Waals surface area contributed by atoms with Crippen LogP contribution >= 0.6 is 23.2 Å². The van der Waals surface area contributed by atoms with Crippen LogP contribution in [0.4, 0.5) is 0 Å². The van der Waals surface area contributed by atoms with E-state index in [2.05, 4.69) is 10.3 Å². The molecule has 6 heteroatoms. The van der Waals surface area contributed by atoms with E-state index in [1.54, 1.807) is 36.5 Å². The molecule has 2 N–H and O–H groups in total. The second-order valence-electron chi connectivity index (χ2n) is 5.38. The van der Waals surface area contributed by atoms with Gasteiger partial charge < -0.3 is 10.4 Å². The Morgan fingerprint density at radius 1 is 1.17 bits per heavy atom. The van der Waals surface area contributed by atoms with Gasteiger partial charge in [-0.2, -0.15) is 0 Å². The van der Waals surface area contributed by atoms with Crippen molar-refractivity contribution >= 4 is 40.0 Å². The summed E-state index contributed by atoms with van der Waals surface area (Å²) >= 11 is 12.2. The molecule has 0 unspecified atom stereocenters. The molecule has 3 rings (SSSR count). The molecule has 24 heavy (non-hydrogen) atoms. The van der Waals surface area contributed by atoms with Crippen LogP contribution in [0.25, 0.3) is 10.9 Å². The molecule has 0 bridgehead atoms. The lowest BCUT2D eigenvalue weighted by molar-refractivity contribution is -0.119. The van der Waals surface area contributed by atoms with Crippen molar-refractivity contribution in [3.05, 3.63) is 69.8 Å². The molecule has 4 nitrogen and oxygen atoms in total. The number of pyridine rings is 1. The highest BCUT2D eigenvalue weighted by Crippen LogP contribution is 2.37. The molecular weight excluding hydrogens is 347 g/mol. The van der Waals surface area contributed by atoms with E-state index in [4.69, 9.17) is 23.2 Å². The number of hydrogen-bond acceptors (Lipinski definition) is 3. The van der Waals surface area contributed by atoms with Crippen LogP contribution < -0.4 is 5.32 Å². The first-order chi connectivity index (χ1) is 11.5. The van der Waals surface area contributed by atoms with E-state index < -0.39 is 6.04 Å². The Hall–Kier alpha value is -2.30. The van der Waals surface area contributed by atoms with Crippen molar-refractivity contribution in [1.29, 1.82) is 0 Å². The number of phenolic OH excluding ortho intramolecular Hbond substituents is 1. The molecular formula is C18H14Cl2N2O2. The number of carbonyl (C=O) groups excluding carboxylic acids is 1. The van der Waals surface area contributed by atoms with E-state index in [0.717, 1.165) is 5.39 Å². The van der Waals surface area contributed by atoms with Crippen LogP contribution in [0.15, 0.2) is 48.7 Å². The Labute approximate surface area is 149 Å². The monoisotopic (exact) mass is 360 g/mol. The van der Waals surface area contributed by atoms with Crippen LogP contribution in [0.2, 0.25) is 10.0 Å². The molecule has 1 aromatic heterocycles. The van der Waals surface area contributed by atoms with Crippen molar-refractivity contribution in [1.82, 2.24) is 10.3 Å². The van der Waals surface area contributed by atoms with Crippen LogP contribution in [0.3, 0.4) is 0 Å². The summed E-state index contributed by atoms with van der Waals surface area (Å²) in [5.41, 5.74) is 1.62. The van der Waals surface area contributed by atoms with E-state index in [9.17, 15) is 9.90 Å². The van der Waals surface area contributed by atoms with Gasteiger partial charge in [-0.15, -0.1) is 0 Å². The van der Waals surface area contributed by atoms with Crippen molar-refractivity contribution in [2.45, 2.75) is 13.0 Å². The molecule has 122 valence electrons. The Bertz CT molecular complexity index is 928. The third-order valence-electron chi connectivity index (χ3n) is 3.71. The number of phenols is 1. The maximum Gasteiger partial charge on any atom is 0.217 e. The van der Waals surface area contributed by atoms with E-state index >= 15 is 0 Å². The number of rotatable bonds is 3. The molecule has 1 atom stereocenters. The predicted octanol–water partition coefficient (Wildman–Crippen LogP) is 4.47. The minimum absolute atomic E-state index is 0.0119. The molecule has 3 aromatic rings. The lowest BCUT2D eigenvalue weighted by atomic mass is 9.96. The summed E-state index contributed by atoms with van der Waals surface area (Å²) in [7, 11) is 0. The molecule has 0 saturated carbocycles. The SMILES string of the molecule is CC(=O)N[C@@H](c1ccc(Cl)cc1Cl)c1ccc2cccnc2c1O. The highest BCUT2D eigenvalue weighted by molar-refractivity contribution is 6.35. The predicted molar refractivity (Wildman–Crippen MR) is 95.5 cm³/mol. The van der Waals surface area contributed by atoms with Gasteiger partial charge in [0, 0.05) is 34.1 Å². The first kappa shape index (κ1) is 16.6. The summed E-state index contributed by atoms with van der Waals surface area (Å²) in [6, 6.07) is 11.7. The summed E-state index contributed by atoms with van der Waals surface area (Å²) in [5.74, 6) is -0.232. The third kappa shape index (κ3) is 3.16. The molecule has 1 heterocycles. The fourth-order valence-electron chi connectivity index (χ4n) is 2.64. The molecule has 1 amide bonds. The van der Waals surface area contributed by atoms with Crippen LogP contribution in [-0.2, 0) is 4.79 Å². The van der Waals surface area contributed by atoms with Gasteiger partial charge in [0.15, 0.2) is 0 Å². The smallest absolute Gasteiger partial charge is 0.217 e. The Morgan fingerprint density at radius 3 is 2.62 bits per heavy atom. The maximum absolute atomic E-state index is 11.7. The van der Waals surface area contributed by atoms with Crippen LogP contribution in [-0.4, -0.2) is 16.0 Å². The molecule has 0 spiro atoms. The average Bonchev–Trinajstić information content (AvgIpc) is 2.54. The quantitative estimate of drug-likeness (QED) is 0.723. The van der Waals surface area contributed by atoms with Gasteiger partial charge in [0.25, 0.3) is 0 Å². The lowest BCUT2D eigenvalue weighted by Gasteiger charge is -2.21. The van der Waals surface area contributed by atoms with Gasteiger partial charge in [-0.25, -0.2) is 0 Å². The first-order valence-electron chi connectivity index (χ1n) is 7.26. The minimum Gasteiger partial charge on any atom is -0.505 e. The second kappa shape index (κ2) is 6.67. The second-order valence-corrected chi connectivity index (χ2v) is 6.22. The third-order valence-corrected chi connectivity index (χ3v) is 4.27. The van der Waals surface area contributed by atoms with Crippen LogP contribution in [0, 0.1) is 0 Å². The zero-order valence-corrected chi connectivity index (χ0v) is 14.3. The summed E-state index contributed by atoms with van der Waals surface area (Å²) in [5, 5.41) is 15.2. The summed E-state index contributed by atoms with van der Waals surface area (Å²) in [4.78, 5) is 15.9. The fourth-order valence-corrected chi connectivity index (χ4v) is 3.16. The summed E-state index contributed by atoms with van der Waals surface area (Å²) in [6.07, 6.45) is 1.61. The zero-order valence-electron chi connectivity index (χ0n) is 12.8. The number of amides is 1. The molecule has 0 aliphatic rings. The van der Waals surface area contributed by atoms with Crippen molar-refractivity contribution in [2.75, 3.05) is 0 Å². The number of benzene rings is 2. The number of carbonyl (C=O) groups is 1. The van der Waals surface area contributed by atoms with E-state index in [-0.39, 0.29) is 11.7 Å². The Balaban J connectivity index is 2.19. The van der Waals surface area contributed by atoms with Gasteiger partial charge in [-0.3, -0.25) is 9.78 Å². The molecule has 0 saturated heterocycles. The number of fused-ring (bicyclic) bond motifs is 1. The van der Waals surface area contributed by atoms with E-state index in [0.29, 0.717) is 26.7 Å². The van der Waals surface area contributed by atoms with Gasteiger partial charge in [-0.1, -0.05) is 47.5 Å². The van der Waals surface area contributed by atoms with Gasteiger partial charge in [0.2, 0.25) is 5.91 Å². The van der Waals surface area contributed by atoms with Crippen LogP contribution in [0.5, 0.6) is 5.75 Å². The highest BCUT2D eigenvalue weighted by Gasteiger charge is 2.22. The van der Waals surface area contributed by atoms with Gasteiger partial charge in [0.1, 0.15) is 11.3 Å². The van der Waals surface area contributed by atoms with Crippen LogP contribution in [0.1, 0.15) is 24.1 Å². The largest absolute Gasteiger partial charge is 0.505 e. The number of hydrogen-bond donors (Lipinski definition) is 2. The van der Waals surface area contributed by atoms with Gasteiger partial charge in [-0.05, 0) is 23.8 Å². The number of aromatic nitrogens is 1. The molecule has 0 radical (unpaired) electrons. The number of nitrogens with one attached hydrogen (secondary N) is 1. The van der Waals surface area contributed by atoms with Gasteiger partial charge in [0.05, 0.1) is 6.04 Å². The topological polar surface area (TPSA) is 62.2 Å².